The maximum Gasteiger partial charge on any atom is 0.239 e. The summed E-state index contributed by atoms with van der Waals surface area (Å²) in [6.07, 6.45) is 6.26. The molecule has 1 N–H and O–H groups in total. The standard InChI is InChI=1S/C15H27N3O/c1-12(15(19)18-7-3-2-4-8-18)16-14-11-17-9-5-13(14)6-10-17/h12-14,16H,2-11H2,1H3/t12-,14+/m1/s1. The summed E-state index contributed by atoms with van der Waals surface area (Å²) in [6.45, 7) is 7.64. The van der Waals surface area contributed by atoms with E-state index in [1.807, 2.05) is 0 Å². The summed E-state index contributed by atoms with van der Waals surface area (Å²) in [6, 6.07) is 0.523. The van der Waals surface area contributed by atoms with Crippen LogP contribution in [0.15, 0.2) is 0 Å². The molecule has 4 heterocycles. The van der Waals surface area contributed by atoms with Gasteiger partial charge in [0.1, 0.15) is 0 Å². The van der Waals surface area contributed by atoms with Crippen molar-refractivity contribution in [3.8, 4) is 0 Å². The quantitative estimate of drug-likeness (QED) is 0.829. The minimum absolute atomic E-state index is 0.0105. The smallest absolute Gasteiger partial charge is 0.239 e. The Morgan fingerprint density at radius 3 is 2.37 bits per heavy atom. The molecule has 4 aliphatic heterocycles. The van der Waals surface area contributed by atoms with E-state index in [0.717, 1.165) is 25.6 Å². The molecular formula is C15H27N3O. The number of piperidine rings is 4. The fourth-order valence-corrected chi connectivity index (χ4v) is 3.93. The van der Waals surface area contributed by atoms with Crippen LogP contribution in [0.25, 0.3) is 0 Å². The van der Waals surface area contributed by atoms with Gasteiger partial charge in [-0.25, -0.2) is 0 Å². The van der Waals surface area contributed by atoms with E-state index in [0.29, 0.717) is 11.9 Å². The van der Waals surface area contributed by atoms with E-state index in [1.54, 1.807) is 0 Å². The number of fused-ring (bicyclic) bond motifs is 3. The number of rotatable bonds is 3. The molecule has 2 atom stereocenters. The fourth-order valence-electron chi connectivity index (χ4n) is 3.93. The third-order valence-electron chi connectivity index (χ3n) is 5.16. The molecule has 0 radical (unpaired) electrons. The Hall–Kier alpha value is -0.610. The van der Waals surface area contributed by atoms with Crippen LogP contribution in [0.4, 0.5) is 0 Å². The number of hydrogen-bond donors (Lipinski definition) is 1. The lowest BCUT2D eigenvalue weighted by Gasteiger charge is -2.46. The van der Waals surface area contributed by atoms with Gasteiger partial charge in [-0.15, -0.1) is 0 Å². The summed E-state index contributed by atoms with van der Waals surface area (Å²) >= 11 is 0. The molecule has 4 nitrogen and oxygen atoms in total. The van der Waals surface area contributed by atoms with Crippen LogP contribution in [-0.4, -0.2) is 60.5 Å². The predicted molar refractivity (Wildman–Crippen MR) is 76.0 cm³/mol. The molecule has 108 valence electrons. The SMILES string of the molecule is C[C@@H](N[C@H]1CN2CCC1CC2)C(=O)N1CCCCC1. The first kappa shape index (κ1) is 13.4. The molecule has 0 aliphatic carbocycles. The highest BCUT2D eigenvalue weighted by molar-refractivity contribution is 5.81. The second kappa shape index (κ2) is 5.80. The largest absolute Gasteiger partial charge is 0.341 e. The molecule has 2 bridgehead atoms. The molecular weight excluding hydrogens is 238 g/mol. The summed E-state index contributed by atoms with van der Waals surface area (Å²) in [5.41, 5.74) is 0. The van der Waals surface area contributed by atoms with Gasteiger partial charge in [-0.05, 0) is 58.0 Å². The summed E-state index contributed by atoms with van der Waals surface area (Å²) in [5.74, 6) is 1.11. The maximum atomic E-state index is 12.4. The van der Waals surface area contributed by atoms with Crippen LogP contribution in [0.2, 0.25) is 0 Å². The lowest BCUT2D eigenvalue weighted by molar-refractivity contribution is -0.134. The maximum absolute atomic E-state index is 12.4. The molecule has 4 heteroatoms. The van der Waals surface area contributed by atoms with Gasteiger partial charge in [-0.3, -0.25) is 4.79 Å². The Morgan fingerprint density at radius 1 is 1.11 bits per heavy atom. The summed E-state index contributed by atoms with van der Waals surface area (Å²) < 4.78 is 0. The average molecular weight is 265 g/mol. The average Bonchev–Trinajstić information content (AvgIpc) is 2.48. The van der Waals surface area contributed by atoms with Crippen LogP contribution >= 0.6 is 0 Å². The van der Waals surface area contributed by atoms with Crippen LogP contribution in [0.1, 0.15) is 39.0 Å². The van der Waals surface area contributed by atoms with E-state index in [2.05, 4.69) is 22.0 Å². The molecule has 4 fully saturated rings. The highest BCUT2D eigenvalue weighted by Crippen LogP contribution is 2.27. The minimum atomic E-state index is -0.0105. The first-order valence-corrected chi connectivity index (χ1v) is 8.01. The van der Waals surface area contributed by atoms with Crippen molar-refractivity contribution in [1.29, 1.82) is 0 Å². The number of carbonyl (C=O) groups is 1. The lowest BCUT2D eigenvalue weighted by atomic mass is 9.83. The van der Waals surface area contributed by atoms with E-state index >= 15 is 0 Å². The van der Waals surface area contributed by atoms with Crippen molar-refractivity contribution in [1.82, 2.24) is 15.1 Å². The van der Waals surface area contributed by atoms with Gasteiger partial charge >= 0.3 is 0 Å². The minimum Gasteiger partial charge on any atom is -0.341 e. The number of nitrogens with zero attached hydrogens (tertiary/aromatic N) is 2. The number of amides is 1. The Labute approximate surface area is 116 Å². The molecule has 1 amide bonds. The van der Waals surface area contributed by atoms with Crippen LogP contribution in [-0.2, 0) is 4.79 Å². The van der Waals surface area contributed by atoms with Gasteiger partial charge in [0.25, 0.3) is 0 Å². The first-order valence-electron chi connectivity index (χ1n) is 8.01. The molecule has 4 rings (SSSR count). The molecule has 4 saturated heterocycles. The summed E-state index contributed by atoms with van der Waals surface area (Å²) in [5, 5.41) is 3.61. The second-order valence-electron chi connectivity index (χ2n) is 6.52. The highest BCUT2D eigenvalue weighted by atomic mass is 16.2. The van der Waals surface area contributed by atoms with E-state index < -0.39 is 0 Å². The normalized spacial score (nSPS) is 36.3. The lowest BCUT2D eigenvalue weighted by Crippen LogP contribution is -2.60. The van der Waals surface area contributed by atoms with Gasteiger partial charge in [0.05, 0.1) is 6.04 Å². The Kier molecular flexibility index (Phi) is 4.08. The number of nitrogens with one attached hydrogen (secondary N) is 1. The number of likely N-dealkylation sites (tertiary alicyclic amines) is 1. The predicted octanol–water partition coefficient (Wildman–Crippen LogP) is 1.07. The van der Waals surface area contributed by atoms with Gasteiger partial charge in [0.15, 0.2) is 0 Å². The first-order chi connectivity index (χ1) is 9.24. The second-order valence-corrected chi connectivity index (χ2v) is 6.52. The highest BCUT2D eigenvalue weighted by Gasteiger charge is 2.35. The van der Waals surface area contributed by atoms with Gasteiger partial charge in [0.2, 0.25) is 5.91 Å². The van der Waals surface area contributed by atoms with Crippen LogP contribution in [0, 0.1) is 5.92 Å². The molecule has 0 unspecified atom stereocenters. The Bertz CT molecular complexity index is 319. The molecule has 0 aromatic carbocycles. The zero-order valence-electron chi connectivity index (χ0n) is 12.1. The zero-order chi connectivity index (χ0) is 13.2. The third-order valence-corrected chi connectivity index (χ3v) is 5.16. The zero-order valence-corrected chi connectivity index (χ0v) is 12.1. The fraction of sp³-hybridized carbons (Fsp3) is 0.933. The van der Waals surface area contributed by atoms with Gasteiger partial charge in [-0.2, -0.15) is 0 Å². The number of carbonyl (C=O) groups excluding carboxylic acids is 1. The van der Waals surface area contributed by atoms with Gasteiger partial charge in [0, 0.05) is 25.7 Å². The third kappa shape index (κ3) is 2.95. The van der Waals surface area contributed by atoms with E-state index in [4.69, 9.17) is 0 Å². The van der Waals surface area contributed by atoms with E-state index in [-0.39, 0.29) is 6.04 Å². The molecule has 0 spiro atoms. The molecule has 0 aromatic rings. The van der Waals surface area contributed by atoms with E-state index in [9.17, 15) is 4.79 Å². The van der Waals surface area contributed by atoms with Crippen molar-refractivity contribution >= 4 is 5.91 Å². The van der Waals surface area contributed by atoms with Crippen molar-refractivity contribution in [2.75, 3.05) is 32.7 Å². The van der Waals surface area contributed by atoms with E-state index in [1.165, 1.54) is 45.2 Å². The molecule has 0 saturated carbocycles. The summed E-state index contributed by atoms with van der Waals surface area (Å²) in [4.78, 5) is 17.0. The van der Waals surface area contributed by atoms with Crippen molar-refractivity contribution in [2.24, 2.45) is 5.92 Å². The Balaban J connectivity index is 1.52. The summed E-state index contributed by atoms with van der Waals surface area (Å²) in [7, 11) is 0. The van der Waals surface area contributed by atoms with Gasteiger partial charge < -0.3 is 15.1 Å². The molecule has 19 heavy (non-hydrogen) atoms. The Morgan fingerprint density at radius 2 is 1.79 bits per heavy atom. The molecule has 0 aromatic heterocycles. The monoisotopic (exact) mass is 265 g/mol. The van der Waals surface area contributed by atoms with Crippen LogP contribution < -0.4 is 5.32 Å². The molecule has 4 aliphatic rings. The van der Waals surface area contributed by atoms with Crippen LogP contribution in [0.5, 0.6) is 0 Å². The number of hydrogen-bond acceptors (Lipinski definition) is 3. The van der Waals surface area contributed by atoms with Crippen molar-refractivity contribution in [2.45, 2.75) is 51.1 Å². The van der Waals surface area contributed by atoms with Crippen molar-refractivity contribution in [3.63, 3.8) is 0 Å². The van der Waals surface area contributed by atoms with Crippen molar-refractivity contribution < 1.29 is 4.79 Å². The topological polar surface area (TPSA) is 35.6 Å². The van der Waals surface area contributed by atoms with Crippen molar-refractivity contribution in [3.05, 3.63) is 0 Å². The van der Waals surface area contributed by atoms with Gasteiger partial charge in [-0.1, -0.05) is 0 Å². The van der Waals surface area contributed by atoms with Crippen LogP contribution in [0.3, 0.4) is 0 Å².